The van der Waals surface area contributed by atoms with Gasteiger partial charge in [0.15, 0.2) is 0 Å². The molecule has 2 aromatic carbocycles. The minimum Gasteiger partial charge on any atom is -0.337 e. The summed E-state index contributed by atoms with van der Waals surface area (Å²) in [6, 6.07) is 15.8. The number of aryl methyl sites for hydroxylation is 1. The first-order valence-corrected chi connectivity index (χ1v) is 8.18. The fraction of sp³-hybridized carbons (Fsp3) is 0.150. The third-order valence-corrected chi connectivity index (χ3v) is 4.23. The van der Waals surface area contributed by atoms with E-state index < -0.39 is 4.92 Å². The highest BCUT2D eigenvalue weighted by atomic mass is 16.6. The van der Waals surface area contributed by atoms with Crippen molar-refractivity contribution in [1.29, 1.82) is 0 Å². The van der Waals surface area contributed by atoms with Crippen LogP contribution in [-0.4, -0.2) is 27.3 Å². The first-order chi connectivity index (χ1) is 12.5. The number of aromatic nitrogens is 1. The van der Waals surface area contributed by atoms with Crippen molar-refractivity contribution in [1.82, 2.24) is 9.47 Å². The van der Waals surface area contributed by atoms with Crippen LogP contribution in [0.2, 0.25) is 0 Å². The second kappa shape index (κ2) is 7.23. The molecule has 1 heterocycles. The third kappa shape index (κ3) is 3.64. The molecule has 0 saturated carbocycles. The highest BCUT2D eigenvalue weighted by molar-refractivity contribution is 5.94. The summed E-state index contributed by atoms with van der Waals surface area (Å²) in [5.74, 6) is -0.134. The van der Waals surface area contributed by atoms with Gasteiger partial charge in [0.1, 0.15) is 0 Å². The maximum atomic E-state index is 12.8. The maximum Gasteiger partial charge on any atom is 0.269 e. The largest absolute Gasteiger partial charge is 0.337 e. The molecular formula is C20H19N3O3. The van der Waals surface area contributed by atoms with Crippen LogP contribution in [0.25, 0.3) is 5.69 Å². The summed E-state index contributed by atoms with van der Waals surface area (Å²) in [5, 5.41) is 10.9. The van der Waals surface area contributed by atoms with E-state index in [1.807, 2.05) is 48.1 Å². The van der Waals surface area contributed by atoms with Gasteiger partial charge in [-0.3, -0.25) is 14.9 Å². The summed E-state index contributed by atoms with van der Waals surface area (Å²) in [5.41, 5.74) is 3.33. The Morgan fingerprint density at radius 1 is 1.12 bits per heavy atom. The molecule has 0 atom stereocenters. The van der Waals surface area contributed by atoms with Crippen molar-refractivity contribution in [3.63, 3.8) is 0 Å². The number of carbonyl (C=O) groups excluding carboxylic acids is 1. The van der Waals surface area contributed by atoms with Gasteiger partial charge < -0.3 is 9.47 Å². The molecule has 0 saturated heterocycles. The van der Waals surface area contributed by atoms with Gasteiger partial charge in [-0.25, -0.2) is 0 Å². The number of rotatable bonds is 5. The predicted molar refractivity (Wildman–Crippen MR) is 99.4 cm³/mol. The number of nitro groups is 1. The zero-order valence-corrected chi connectivity index (χ0v) is 14.6. The lowest BCUT2D eigenvalue weighted by molar-refractivity contribution is -0.384. The number of nitro benzene ring substituents is 1. The summed E-state index contributed by atoms with van der Waals surface area (Å²) in [6.45, 7) is 2.30. The molecule has 0 spiro atoms. The van der Waals surface area contributed by atoms with Gasteiger partial charge in [0.05, 0.1) is 4.92 Å². The summed E-state index contributed by atoms with van der Waals surface area (Å²) in [6.07, 6.45) is 3.87. The van der Waals surface area contributed by atoms with Gasteiger partial charge in [0, 0.05) is 49.4 Å². The van der Waals surface area contributed by atoms with Crippen molar-refractivity contribution in [2.24, 2.45) is 0 Å². The molecule has 1 amide bonds. The standard InChI is InChI=1S/C20H19N3O3/c1-15-8-9-17(13-19(15)22-10-3-4-11-22)20(24)21(2)14-16-6-5-7-18(12-16)23(25)26/h3-13H,14H2,1-2H3. The van der Waals surface area contributed by atoms with Crippen molar-refractivity contribution in [3.8, 4) is 5.69 Å². The summed E-state index contributed by atoms with van der Waals surface area (Å²) in [7, 11) is 1.69. The minimum atomic E-state index is -0.436. The minimum absolute atomic E-state index is 0.0218. The molecule has 0 aliphatic rings. The summed E-state index contributed by atoms with van der Waals surface area (Å²) in [4.78, 5) is 24.8. The van der Waals surface area contributed by atoms with E-state index in [2.05, 4.69) is 0 Å². The van der Waals surface area contributed by atoms with Crippen LogP contribution in [0.5, 0.6) is 0 Å². The summed E-state index contributed by atoms with van der Waals surface area (Å²) < 4.78 is 1.96. The Morgan fingerprint density at radius 2 is 1.85 bits per heavy atom. The van der Waals surface area contributed by atoms with E-state index in [1.165, 1.54) is 12.1 Å². The molecule has 0 radical (unpaired) electrons. The number of amides is 1. The van der Waals surface area contributed by atoms with Crippen molar-refractivity contribution < 1.29 is 9.72 Å². The smallest absolute Gasteiger partial charge is 0.269 e. The first kappa shape index (κ1) is 17.4. The second-order valence-corrected chi connectivity index (χ2v) is 6.18. The number of non-ortho nitro benzene ring substituents is 1. The lowest BCUT2D eigenvalue weighted by atomic mass is 10.1. The van der Waals surface area contributed by atoms with E-state index in [4.69, 9.17) is 0 Å². The maximum absolute atomic E-state index is 12.8. The van der Waals surface area contributed by atoms with E-state index in [-0.39, 0.29) is 11.6 Å². The molecule has 1 aromatic heterocycles. The van der Waals surface area contributed by atoms with Crippen molar-refractivity contribution >= 4 is 11.6 Å². The average molecular weight is 349 g/mol. The van der Waals surface area contributed by atoms with Gasteiger partial charge in [-0.15, -0.1) is 0 Å². The van der Waals surface area contributed by atoms with Crippen LogP contribution >= 0.6 is 0 Å². The van der Waals surface area contributed by atoms with E-state index in [0.717, 1.165) is 11.3 Å². The van der Waals surface area contributed by atoms with E-state index >= 15 is 0 Å². The Hall–Kier alpha value is -3.41. The fourth-order valence-electron chi connectivity index (χ4n) is 2.85. The molecule has 132 valence electrons. The van der Waals surface area contributed by atoms with Gasteiger partial charge in [0.2, 0.25) is 0 Å². The van der Waals surface area contributed by atoms with Crippen LogP contribution in [0.4, 0.5) is 5.69 Å². The first-order valence-electron chi connectivity index (χ1n) is 8.18. The van der Waals surface area contributed by atoms with Crippen LogP contribution in [-0.2, 0) is 6.54 Å². The lowest BCUT2D eigenvalue weighted by Crippen LogP contribution is -2.26. The quantitative estimate of drug-likeness (QED) is 0.517. The zero-order valence-electron chi connectivity index (χ0n) is 14.6. The van der Waals surface area contributed by atoms with Gasteiger partial charge in [-0.05, 0) is 42.3 Å². The molecule has 0 aliphatic heterocycles. The highest BCUT2D eigenvalue weighted by Crippen LogP contribution is 2.19. The molecule has 6 heteroatoms. The predicted octanol–water partition coefficient (Wildman–Crippen LogP) is 3.97. The Labute approximate surface area is 151 Å². The molecule has 3 aromatic rings. The molecule has 0 N–H and O–H groups in total. The topological polar surface area (TPSA) is 68.4 Å². The van der Waals surface area contributed by atoms with Gasteiger partial charge in [-0.1, -0.05) is 18.2 Å². The average Bonchev–Trinajstić information content (AvgIpc) is 3.16. The molecule has 0 fully saturated rings. The Kier molecular flexibility index (Phi) is 4.84. The third-order valence-electron chi connectivity index (χ3n) is 4.23. The molecule has 3 rings (SSSR count). The highest BCUT2D eigenvalue weighted by Gasteiger charge is 2.15. The van der Waals surface area contributed by atoms with Crippen molar-refractivity contribution in [2.75, 3.05) is 7.05 Å². The van der Waals surface area contributed by atoms with Crippen LogP contribution < -0.4 is 0 Å². The molecule has 6 nitrogen and oxygen atoms in total. The van der Waals surface area contributed by atoms with Crippen LogP contribution in [0.15, 0.2) is 67.0 Å². The molecule has 0 unspecified atom stereocenters. The number of hydrogen-bond donors (Lipinski definition) is 0. The van der Waals surface area contributed by atoms with Gasteiger partial charge in [-0.2, -0.15) is 0 Å². The Morgan fingerprint density at radius 3 is 2.54 bits per heavy atom. The van der Waals surface area contributed by atoms with E-state index in [9.17, 15) is 14.9 Å². The van der Waals surface area contributed by atoms with Crippen molar-refractivity contribution in [2.45, 2.75) is 13.5 Å². The molecule has 0 bridgehead atoms. The number of nitrogens with zero attached hydrogens (tertiary/aromatic N) is 3. The number of benzene rings is 2. The fourth-order valence-corrected chi connectivity index (χ4v) is 2.85. The molecule has 0 aliphatic carbocycles. The summed E-state index contributed by atoms with van der Waals surface area (Å²) >= 11 is 0. The second-order valence-electron chi connectivity index (χ2n) is 6.18. The van der Waals surface area contributed by atoms with Gasteiger partial charge >= 0.3 is 0 Å². The van der Waals surface area contributed by atoms with Crippen LogP contribution in [0.3, 0.4) is 0 Å². The Balaban J connectivity index is 1.82. The lowest BCUT2D eigenvalue weighted by Gasteiger charge is -2.18. The molecular weight excluding hydrogens is 330 g/mol. The number of hydrogen-bond acceptors (Lipinski definition) is 3. The zero-order chi connectivity index (χ0) is 18.7. The van der Waals surface area contributed by atoms with Crippen LogP contribution in [0.1, 0.15) is 21.5 Å². The monoisotopic (exact) mass is 349 g/mol. The Bertz CT molecular complexity index is 949. The SMILES string of the molecule is Cc1ccc(C(=O)N(C)Cc2cccc([N+](=O)[O-])c2)cc1-n1cccc1. The normalized spacial score (nSPS) is 10.5. The van der Waals surface area contributed by atoms with E-state index in [1.54, 1.807) is 30.1 Å². The van der Waals surface area contributed by atoms with Crippen molar-refractivity contribution in [3.05, 3.63) is 93.8 Å². The molecule has 26 heavy (non-hydrogen) atoms. The van der Waals surface area contributed by atoms with Crippen LogP contribution in [0, 0.1) is 17.0 Å². The van der Waals surface area contributed by atoms with Gasteiger partial charge in [0.25, 0.3) is 11.6 Å². The number of carbonyl (C=O) groups is 1. The van der Waals surface area contributed by atoms with E-state index in [0.29, 0.717) is 17.7 Å².